The maximum atomic E-state index is 13.9. The number of carboxylic acid groups (broad SMARTS) is 1. The van der Waals surface area contributed by atoms with Crippen molar-refractivity contribution < 1.29 is 58.3 Å². The average molecular weight is 535 g/mol. The first kappa shape index (κ1) is 30.5. The number of aliphatic hydroxyl groups excluding tert-OH is 3. The molecular weight excluding hydrogens is 502 g/mol. The number of likely N-dealkylation sites (N-methyl/N-ethyl adjacent to an activating group) is 1. The Morgan fingerprint density at radius 2 is 1.97 bits per heavy atom. The number of halogens is 2. The molecule has 37 heavy (non-hydrogen) atoms. The lowest BCUT2D eigenvalue weighted by molar-refractivity contribution is -0.298. The number of ketones is 1. The van der Waals surface area contributed by atoms with Crippen LogP contribution >= 0.6 is 0 Å². The van der Waals surface area contributed by atoms with Gasteiger partial charge in [0.15, 0.2) is 0 Å². The van der Waals surface area contributed by atoms with Gasteiger partial charge in [-0.3, -0.25) is 4.79 Å². The molecule has 1 amide bonds. The molecule has 0 aromatic heterocycles. The Morgan fingerprint density at radius 3 is 2.51 bits per heavy atom. The maximum Gasteiger partial charge on any atom is 0.377 e. The molecule has 6 N–H and O–H groups in total. The number of aliphatic hydroxyl groups is 3. The number of rotatable bonds is 13. The summed E-state index contributed by atoms with van der Waals surface area (Å²) in [7, 11) is 1.16. The minimum atomic E-state index is -3.16. The van der Waals surface area contributed by atoms with Crippen molar-refractivity contribution in [1.29, 1.82) is 0 Å². The number of hydrogen-bond acceptors (Lipinski definition) is 10. The molecule has 1 fully saturated rings. The van der Waals surface area contributed by atoms with Crippen LogP contribution in [0.2, 0.25) is 0 Å². The average Bonchev–Trinajstić information content (AvgIpc) is 2.78. The summed E-state index contributed by atoms with van der Waals surface area (Å²) < 4.78 is 38.8. The highest BCUT2D eigenvalue weighted by atomic mass is 19.3. The van der Waals surface area contributed by atoms with Crippen LogP contribution in [0.25, 0.3) is 0 Å². The first-order valence-corrected chi connectivity index (χ1v) is 11.5. The minimum absolute atomic E-state index is 0.0166. The number of anilines is 1. The summed E-state index contributed by atoms with van der Waals surface area (Å²) in [4.78, 5) is 35.3. The van der Waals surface area contributed by atoms with Gasteiger partial charge in [-0.2, -0.15) is 5.06 Å². The fourth-order valence-electron chi connectivity index (χ4n) is 4.06. The molecule has 1 aliphatic heterocycles. The molecule has 5 atom stereocenters. The van der Waals surface area contributed by atoms with Crippen LogP contribution in [0.4, 0.5) is 14.5 Å². The standard InChI is InChI=1S/C23H32F2N2O10/c1-12(29)4-3-5-19(32)26-13-6-7-17(15(8-13)21(24)25)36-23(22(33)34)10-16(31)20(27(2)35)18(37-23)9-14(30)11-28/h6-8,14,16,18,20-21,28,30-31,35H,3-5,9-11H2,1-2H3,(H,26,32)(H,33,34)/t14-,16?,18?,20+,23+/m0/s1. The predicted octanol–water partition coefficient (Wildman–Crippen LogP) is 1.06. The number of Topliss-reactive ketones (excluding diaryl/α,β-unsaturated/α-hetero) is 1. The molecule has 0 saturated carbocycles. The van der Waals surface area contributed by atoms with Crippen LogP contribution in [0, 0.1) is 0 Å². The highest BCUT2D eigenvalue weighted by Gasteiger charge is 2.55. The molecule has 12 nitrogen and oxygen atoms in total. The van der Waals surface area contributed by atoms with Gasteiger partial charge in [0.25, 0.3) is 6.43 Å². The summed E-state index contributed by atoms with van der Waals surface area (Å²) in [5, 5.41) is 52.4. The second-order valence-corrected chi connectivity index (χ2v) is 8.88. The zero-order chi connectivity index (χ0) is 27.9. The van der Waals surface area contributed by atoms with E-state index >= 15 is 0 Å². The fraction of sp³-hybridized carbons (Fsp3) is 0.609. The highest BCUT2D eigenvalue weighted by molar-refractivity contribution is 5.91. The minimum Gasteiger partial charge on any atom is -0.476 e. The van der Waals surface area contributed by atoms with Gasteiger partial charge < -0.3 is 45.2 Å². The zero-order valence-corrected chi connectivity index (χ0v) is 20.3. The fourth-order valence-corrected chi connectivity index (χ4v) is 4.06. The SMILES string of the molecule is CC(=O)CCCC(=O)Nc1ccc(O[C@]2(C(=O)O)CC(O)[C@@H](N(C)O)C(C[C@H](O)CO)O2)c(C(F)F)c1. The third kappa shape index (κ3) is 8.12. The number of benzene rings is 1. The molecule has 2 rings (SSSR count). The number of carboxylic acids is 1. The third-order valence-corrected chi connectivity index (χ3v) is 5.80. The molecule has 2 unspecified atom stereocenters. The van der Waals surface area contributed by atoms with E-state index in [4.69, 9.17) is 14.6 Å². The van der Waals surface area contributed by atoms with E-state index in [0.29, 0.717) is 5.06 Å². The predicted molar refractivity (Wildman–Crippen MR) is 122 cm³/mol. The van der Waals surface area contributed by atoms with Crippen molar-refractivity contribution in [2.45, 2.75) is 75.6 Å². The molecule has 0 bridgehead atoms. The van der Waals surface area contributed by atoms with Crippen LogP contribution in [-0.2, 0) is 19.1 Å². The Hall–Kier alpha value is -2.75. The van der Waals surface area contributed by atoms with E-state index in [2.05, 4.69) is 5.32 Å². The second kappa shape index (κ2) is 13.2. The number of carbonyl (C=O) groups excluding carboxylic acids is 2. The summed E-state index contributed by atoms with van der Waals surface area (Å²) in [6.07, 6.45) is -8.29. The molecule has 208 valence electrons. The number of ether oxygens (including phenoxy) is 2. The van der Waals surface area contributed by atoms with Crippen molar-refractivity contribution in [2.75, 3.05) is 19.0 Å². The second-order valence-electron chi connectivity index (χ2n) is 8.88. The van der Waals surface area contributed by atoms with E-state index in [1.807, 2.05) is 0 Å². The van der Waals surface area contributed by atoms with Crippen molar-refractivity contribution in [3.63, 3.8) is 0 Å². The molecule has 1 aromatic rings. The number of aliphatic carboxylic acids is 1. The normalized spacial score (nSPS) is 24.6. The van der Waals surface area contributed by atoms with Gasteiger partial charge in [-0.05, 0) is 31.5 Å². The van der Waals surface area contributed by atoms with E-state index in [-0.39, 0.29) is 30.7 Å². The van der Waals surface area contributed by atoms with E-state index < -0.39 is 79.2 Å². The molecule has 0 spiro atoms. The lowest BCUT2D eigenvalue weighted by Crippen LogP contribution is -2.64. The van der Waals surface area contributed by atoms with Gasteiger partial charge in [-0.25, -0.2) is 13.6 Å². The van der Waals surface area contributed by atoms with E-state index in [0.717, 1.165) is 19.2 Å². The Morgan fingerprint density at radius 1 is 1.30 bits per heavy atom. The number of nitrogens with zero attached hydrogens (tertiary/aromatic N) is 1. The largest absolute Gasteiger partial charge is 0.476 e. The Kier molecular flexibility index (Phi) is 10.8. The first-order chi connectivity index (χ1) is 17.3. The van der Waals surface area contributed by atoms with Crippen molar-refractivity contribution >= 4 is 23.3 Å². The molecule has 1 heterocycles. The van der Waals surface area contributed by atoms with Crippen LogP contribution in [-0.4, -0.2) is 92.2 Å². The van der Waals surface area contributed by atoms with E-state index in [1.54, 1.807) is 0 Å². The molecule has 0 radical (unpaired) electrons. The van der Waals surface area contributed by atoms with Crippen LogP contribution in [0.3, 0.4) is 0 Å². The molecule has 1 aliphatic rings. The quantitative estimate of drug-likeness (QED) is 0.199. The number of carbonyl (C=O) groups is 3. The van der Waals surface area contributed by atoms with Gasteiger partial charge in [-0.1, -0.05) is 0 Å². The lowest BCUT2D eigenvalue weighted by atomic mass is 9.90. The number of amides is 1. The van der Waals surface area contributed by atoms with Crippen LogP contribution in [0.5, 0.6) is 5.75 Å². The molecular formula is C23H32F2N2O10. The smallest absolute Gasteiger partial charge is 0.377 e. The Balaban J connectivity index is 2.33. The molecule has 1 saturated heterocycles. The molecule has 0 aliphatic carbocycles. The highest BCUT2D eigenvalue weighted by Crippen LogP contribution is 2.39. The van der Waals surface area contributed by atoms with E-state index in [1.165, 1.54) is 13.0 Å². The Labute approximate surface area is 211 Å². The number of alkyl halides is 2. The topological polar surface area (TPSA) is 186 Å². The van der Waals surface area contributed by atoms with E-state index in [9.17, 15) is 43.7 Å². The van der Waals surface area contributed by atoms with Crippen molar-refractivity contribution in [3.8, 4) is 5.75 Å². The van der Waals surface area contributed by atoms with Crippen LogP contribution in [0.1, 0.15) is 51.0 Å². The monoisotopic (exact) mass is 534 g/mol. The van der Waals surface area contributed by atoms with Gasteiger partial charge in [0.05, 0.1) is 42.9 Å². The molecule has 1 aromatic carbocycles. The molecule has 14 heteroatoms. The number of hydrogen-bond donors (Lipinski definition) is 6. The van der Waals surface area contributed by atoms with Crippen LogP contribution < -0.4 is 10.1 Å². The summed E-state index contributed by atoms with van der Waals surface area (Å²) in [5.74, 6) is -5.66. The maximum absolute atomic E-state index is 13.9. The van der Waals surface area contributed by atoms with Gasteiger partial charge >= 0.3 is 11.8 Å². The van der Waals surface area contributed by atoms with Crippen molar-refractivity contribution in [1.82, 2.24) is 5.06 Å². The third-order valence-electron chi connectivity index (χ3n) is 5.80. The lowest BCUT2D eigenvalue weighted by Gasteiger charge is -2.46. The van der Waals surface area contributed by atoms with Crippen LogP contribution in [0.15, 0.2) is 18.2 Å². The summed E-state index contributed by atoms with van der Waals surface area (Å²) >= 11 is 0. The number of nitrogens with one attached hydrogen (secondary N) is 1. The van der Waals surface area contributed by atoms with Gasteiger partial charge in [-0.15, -0.1) is 0 Å². The van der Waals surface area contributed by atoms with Crippen molar-refractivity contribution in [3.05, 3.63) is 23.8 Å². The Bertz CT molecular complexity index is 963. The zero-order valence-electron chi connectivity index (χ0n) is 20.3. The van der Waals surface area contributed by atoms with Gasteiger partial charge in [0.2, 0.25) is 5.91 Å². The van der Waals surface area contributed by atoms with Gasteiger partial charge in [0, 0.05) is 32.0 Å². The van der Waals surface area contributed by atoms with Crippen molar-refractivity contribution in [2.24, 2.45) is 0 Å². The summed E-state index contributed by atoms with van der Waals surface area (Å²) in [6, 6.07) is 1.88. The summed E-state index contributed by atoms with van der Waals surface area (Å²) in [6.45, 7) is 0.653. The van der Waals surface area contributed by atoms with Gasteiger partial charge in [0.1, 0.15) is 11.5 Å². The first-order valence-electron chi connectivity index (χ1n) is 11.5. The summed E-state index contributed by atoms with van der Waals surface area (Å²) in [5.41, 5.74) is -0.788. The number of hydroxylamine groups is 2.